The van der Waals surface area contributed by atoms with Crippen molar-refractivity contribution < 1.29 is 8.42 Å². The number of hydrogen-bond acceptors (Lipinski definition) is 4. The summed E-state index contributed by atoms with van der Waals surface area (Å²) in [5.41, 5.74) is 11.5. The van der Waals surface area contributed by atoms with Crippen molar-refractivity contribution >= 4 is 38.8 Å². The van der Waals surface area contributed by atoms with Crippen LogP contribution in [0, 0.1) is 0 Å². The first-order chi connectivity index (χ1) is 14.4. The van der Waals surface area contributed by atoms with Crippen molar-refractivity contribution in [1.82, 2.24) is 5.43 Å². The molecule has 0 heterocycles. The molecular weight excluding hydrogens is 416 g/mol. The molecule has 0 amide bonds. The number of anilines is 1. The SMILES string of the molecule is CCc1ccc(S(=O)(=O)Nc2ccccc2/C(=N\NC(N)=S)c2ccccc2)cc1. The van der Waals surface area contributed by atoms with Crippen LogP contribution in [0.5, 0.6) is 0 Å². The maximum Gasteiger partial charge on any atom is 0.261 e. The number of sulfonamides is 1. The van der Waals surface area contributed by atoms with Gasteiger partial charge in [0.05, 0.1) is 16.3 Å². The van der Waals surface area contributed by atoms with Crippen LogP contribution in [-0.4, -0.2) is 19.2 Å². The zero-order chi connectivity index (χ0) is 21.6. The Morgan fingerprint density at radius 2 is 1.60 bits per heavy atom. The van der Waals surface area contributed by atoms with Gasteiger partial charge in [0.2, 0.25) is 0 Å². The van der Waals surface area contributed by atoms with Crippen molar-refractivity contribution in [3.8, 4) is 0 Å². The number of hydrazone groups is 1. The molecule has 0 aliphatic carbocycles. The average Bonchev–Trinajstić information content (AvgIpc) is 2.75. The molecule has 154 valence electrons. The molecule has 0 bridgehead atoms. The molecular formula is C22H22N4O2S2. The summed E-state index contributed by atoms with van der Waals surface area (Å²) < 4.78 is 28.6. The quantitative estimate of drug-likeness (QED) is 0.297. The van der Waals surface area contributed by atoms with Gasteiger partial charge >= 0.3 is 0 Å². The Morgan fingerprint density at radius 3 is 2.23 bits per heavy atom. The maximum atomic E-state index is 13.0. The highest BCUT2D eigenvalue weighted by atomic mass is 32.2. The van der Waals surface area contributed by atoms with Crippen LogP contribution in [-0.2, 0) is 16.4 Å². The first-order valence-corrected chi connectivity index (χ1v) is 11.2. The van der Waals surface area contributed by atoms with Crippen molar-refractivity contribution in [3.63, 3.8) is 0 Å². The lowest BCUT2D eigenvalue weighted by atomic mass is 10.0. The van der Waals surface area contributed by atoms with E-state index in [1.807, 2.05) is 55.5 Å². The molecule has 0 fully saturated rings. The molecule has 3 rings (SSSR count). The average molecular weight is 439 g/mol. The van der Waals surface area contributed by atoms with Crippen LogP contribution in [0.2, 0.25) is 0 Å². The third-order valence-electron chi connectivity index (χ3n) is 4.39. The van der Waals surface area contributed by atoms with Gasteiger partial charge in [-0.3, -0.25) is 10.1 Å². The van der Waals surface area contributed by atoms with Crippen molar-refractivity contribution in [2.75, 3.05) is 4.72 Å². The van der Waals surface area contributed by atoms with Gasteiger partial charge in [-0.1, -0.05) is 67.6 Å². The molecule has 0 unspecified atom stereocenters. The summed E-state index contributed by atoms with van der Waals surface area (Å²) in [7, 11) is -3.78. The van der Waals surface area contributed by atoms with E-state index in [9.17, 15) is 8.42 Å². The molecule has 0 aromatic heterocycles. The second-order valence-electron chi connectivity index (χ2n) is 6.45. The molecule has 0 spiro atoms. The molecule has 0 aliphatic rings. The molecule has 0 saturated heterocycles. The first kappa shape index (κ1) is 21.5. The second-order valence-corrected chi connectivity index (χ2v) is 8.57. The van der Waals surface area contributed by atoms with Crippen LogP contribution >= 0.6 is 12.2 Å². The lowest BCUT2D eigenvalue weighted by Gasteiger charge is -2.15. The molecule has 0 radical (unpaired) electrons. The maximum absolute atomic E-state index is 13.0. The lowest BCUT2D eigenvalue weighted by Crippen LogP contribution is -2.26. The van der Waals surface area contributed by atoms with E-state index >= 15 is 0 Å². The molecule has 0 saturated carbocycles. The van der Waals surface area contributed by atoms with E-state index in [2.05, 4.69) is 15.2 Å². The highest BCUT2D eigenvalue weighted by Crippen LogP contribution is 2.23. The normalized spacial score (nSPS) is 11.7. The highest BCUT2D eigenvalue weighted by Gasteiger charge is 2.18. The number of nitrogens with two attached hydrogens (primary N) is 1. The van der Waals surface area contributed by atoms with Crippen molar-refractivity contribution in [1.29, 1.82) is 0 Å². The van der Waals surface area contributed by atoms with Gasteiger partial charge in [-0.2, -0.15) is 5.10 Å². The Kier molecular flexibility index (Phi) is 6.81. The monoisotopic (exact) mass is 438 g/mol. The molecule has 3 aromatic rings. The summed E-state index contributed by atoms with van der Waals surface area (Å²) in [6, 6.07) is 23.2. The van der Waals surface area contributed by atoms with Gasteiger partial charge in [0.25, 0.3) is 10.0 Å². The second kappa shape index (κ2) is 9.51. The summed E-state index contributed by atoms with van der Waals surface area (Å²) in [5, 5.41) is 4.33. The van der Waals surface area contributed by atoms with Gasteiger partial charge < -0.3 is 5.73 Å². The van der Waals surface area contributed by atoms with E-state index in [-0.39, 0.29) is 10.0 Å². The van der Waals surface area contributed by atoms with Crippen molar-refractivity contribution in [2.24, 2.45) is 10.8 Å². The molecule has 4 N–H and O–H groups in total. The minimum atomic E-state index is -3.78. The largest absolute Gasteiger partial charge is 0.375 e. The predicted octanol–water partition coefficient (Wildman–Crippen LogP) is 3.64. The van der Waals surface area contributed by atoms with Gasteiger partial charge in [-0.25, -0.2) is 8.42 Å². The van der Waals surface area contributed by atoms with E-state index < -0.39 is 10.0 Å². The molecule has 0 atom stereocenters. The van der Waals surface area contributed by atoms with Crippen LogP contribution < -0.4 is 15.9 Å². The lowest BCUT2D eigenvalue weighted by molar-refractivity contribution is 0.601. The minimum Gasteiger partial charge on any atom is -0.375 e. The summed E-state index contributed by atoms with van der Waals surface area (Å²) >= 11 is 4.87. The third-order valence-corrected chi connectivity index (χ3v) is 5.87. The van der Waals surface area contributed by atoms with E-state index in [1.54, 1.807) is 30.3 Å². The number of para-hydroxylation sites is 1. The number of rotatable bonds is 7. The summed E-state index contributed by atoms with van der Waals surface area (Å²) in [6.45, 7) is 2.02. The smallest absolute Gasteiger partial charge is 0.261 e. The van der Waals surface area contributed by atoms with Crippen LogP contribution in [0.3, 0.4) is 0 Å². The van der Waals surface area contributed by atoms with Gasteiger partial charge in [0.15, 0.2) is 5.11 Å². The van der Waals surface area contributed by atoms with Crippen LogP contribution in [0.15, 0.2) is 88.9 Å². The molecule has 8 heteroatoms. The van der Waals surface area contributed by atoms with Gasteiger partial charge in [0, 0.05) is 11.1 Å². The zero-order valence-corrected chi connectivity index (χ0v) is 18.0. The Bertz CT molecular complexity index is 1160. The van der Waals surface area contributed by atoms with Crippen LogP contribution in [0.4, 0.5) is 5.69 Å². The number of hydrogen-bond donors (Lipinski definition) is 3. The Hall–Kier alpha value is -3.23. The minimum absolute atomic E-state index is 0.0116. The van der Waals surface area contributed by atoms with E-state index in [4.69, 9.17) is 18.0 Å². The molecule has 3 aromatic carbocycles. The summed E-state index contributed by atoms with van der Waals surface area (Å²) in [5.74, 6) is 0. The fraction of sp³-hybridized carbons (Fsp3) is 0.0909. The number of aryl methyl sites for hydroxylation is 1. The molecule has 30 heavy (non-hydrogen) atoms. The van der Waals surface area contributed by atoms with E-state index in [0.29, 0.717) is 17.0 Å². The topological polar surface area (TPSA) is 96.6 Å². The fourth-order valence-corrected chi connectivity index (χ4v) is 4.00. The fourth-order valence-electron chi connectivity index (χ4n) is 2.87. The van der Waals surface area contributed by atoms with Gasteiger partial charge in [-0.05, 0) is 42.4 Å². The van der Waals surface area contributed by atoms with Gasteiger partial charge in [-0.15, -0.1) is 0 Å². The third kappa shape index (κ3) is 5.22. The van der Waals surface area contributed by atoms with Gasteiger partial charge in [0.1, 0.15) is 0 Å². The van der Waals surface area contributed by atoms with E-state index in [1.165, 1.54) is 0 Å². The summed E-state index contributed by atoms with van der Waals surface area (Å²) in [4.78, 5) is 0.189. The number of benzene rings is 3. The Morgan fingerprint density at radius 1 is 0.967 bits per heavy atom. The Labute approximate surface area is 181 Å². The standard InChI is InChI=1S/C22H22N4O2S2/c1-2-16-12-14-18(15-13-16)30(27,28)26-20-11-7-6-10-19(20)21(24-25-22(23)29)17-8-4-3-5-9-17/h3-15,26H,2H2,1H3,(H3,23,25,29)/b24-21-. The van der Waals surface area contributed by atoms with Crippen molar-refractivity contribution in [3.05, 3.63) is 95.6 Å². The highest BCUT2D eigenvalue weighted by molar-refractivity contribution is 7.92. The number of thiocarbonyl (C=S) groups is 1. The Balaban J connectivity index is 2.03. The van der Waals surface area contributed by atoms with E-state index in [0.717, 1.165) is 17.5 Å². The number of nitrogens with one attached hydrogen (secondary N) is 2. The van der Waals surface area contributed by atoms with Crippen LogP contribution in [0.1, 0.15) is 23.6 Å². The zero-order valence-electron chi connectivity index (χ0n) is 16.4. The van der Waals surface area contributed by atoms with Crippen LogP contribution in [0.25, 0.3) is 0 Å². The molecule has 6 nitrogen and oxygen atoms in total. The van der Waals surface area contributed by atoms with Crippen molar-refractivity contribution in [2.45, 2.75) is 18.2 Å². The number of nitrogens with zero attached hydrogens (tertiary/aromatic N) is 1. The molecule has 0 aliphatic heterocycles. The summed E-state index contributed by atoms with van der Waals surface area (Å²) in [6.07, 6.45) is 0.837. The first-order valence-electron chi connectivity index (χ1n) is 9.30. The predicted molar refractivity (Wildman–Crippen MR) is 125 cm³/mol.